The molecule has 0 unspecified atom stereocenters. The number of carbonyl (C=O) groups excluding carboxylic acids is 1. The molecule has 2 saturated heterocycles. The first kappa shape index (κ1) is 15.1. The lowest BCUT2D eigenvalue weighted by molar-refractivity contribution is -0.137. The third-order valence-corrected chi connectivity index (χ3v) is 6.11. The molecule has 1 amide bonds. The molecule has 0 aromatic rings. The molecule has 2 heterocycles. The molecule has 2 atom stereocenters. The molecule has 3 heteroatoms. The molecule has 118 valence electrons. The van der Waals surface area contributed by atoms with Crippen LogP contribution in [0.25, 0.3) is 0 Å². The summed E-state index contributed by atoms with van der Waals surface area (Å²) in [5.74, 6) is 1.24. The van der Waals surface area contributed by atoms with Crippen LogP contribution in [0.1, 0.15) is 46.5 Å². The maximum Gasteiger partial charge on any atom is 0.227 e. The van der Waals surface area contributed by atoms with Crippen molar-refractivity contribution in [1.82, 2.24) is 9.80 Å². The van der Waals surface area contributed by atoms with Crippen LogP contribution in [0.5, 0.6) is 0 Å². The van der Waals surface area contributed by atoms with Crippen LogP contribution in [0.3, 0.4) is 0 Å². The third kappa shape index (κ3) is 2.77. The Hall–Kier alpha value is -0.830. The van der Waals surface area contributed by atoms with E-state index in [2.05, 4.69) is 25.7 Å². The summed E-state index contributed by atoms with van der Waals surface area (Å²) in [5, 5.41) is 0. The van der Waals surface area contributed by atoms with Gasteiger partial charge in [0, 0.05) is 33.2 Å². The van der Waals surface area contributed by atoms with E-state index in [1.807, 2.05) is 11.9 Å². The highest BCUT2D eigenvalue weighted by Crippen LogP contribution is 2.41. The smallest absolute Gasteiger partial charge is 0.227 e. The lowest BCUT2D eigenvalue weighted by Gasteiger charge is -2.36. The molecule has 0 spiro atoms. The summed E-state index contributed by atoms with van der Waals surface area (Å²) in [6.07, 6.45) is 5.09. The summed E-state index contributed by atoms with van der Waals surface area (Å²) < 4.78 is 0. The van der Waals surface area contributed by atoms with Crippen molar-refractivity contribution >= 4 is 5.91 Å². The van der Waals surface area contributed by atoms with Gasteiger partial charge in [0.1, 0.15) is 0 Å². The first-order valence-corrected chi connectivity index (χ1v) is 8.55. The molecule has 0 aromatic carbocycles. The molecule has 0 bridgehead atoms. The van der Waals surface area contributed by atoms with E-state index in [0.717, 1.165) is 26.2 Å². The number of carbonyl (C=O) groups is 1. The molecule has 1 aliphatic carbocycles. The highest BCUT2D eigenvalue weighted by Gasteiger charge is 2.42. The number of allylic oxidation sites excluding steroid dienone is 1. The fourth-order valence-corrected chi connectivity index (χ4v) is 4.66. The highest BCUT2D eigenvalue weighted by atomic mass is 16.2. The van der Waals surface area contributed by atoms with E-state index in [9.17, 15) is 4.79 Å². The standard InChI is InChI=1S/C18H30N2O/c1-13-6-5-8-18(2,3)16(13)12-20-10-14-7-9-19(4)17(21)15(14)11-20/h14-15H,5-12H2,1-4H3/t14-,15+/m1/s1. The summed E-state index contributed by atoms with van der Waals surface area (Å²) in [6.45, 7) is 11.2. The zero-order chi connectivity index (χ0) is 15.2. The molecule has 0 N–H and O–H groups in total. The molecule has 0 aromatic heterocycles. The zero-order valence-corrected chi connectivity index (χ0v) is 14.1. The first-order valence-electron chi connectivity index (χ1n) is 8.55. The quantitative estimate of drug-likeness (QED) is 0.730. The Kier molecular flexibility index (Phi) is 3.89. The van der Waals surface area contributed by atoms with Crippen LogP contribution >= 0.6 is 0 Å². The van der Waals surface area contributed by atoms with Crippen molar-refractivity contribution < 1.29 is 4.79 Å². The maximum atomic E-state index is 12.3. The maximum absolute atomic E-state index is 12.3. The minimum atomic E-state index is 0.261. The molecule has 21 heavy (non-hydrogen) atoms. The van der Waals surface area contributed by atoms with Gasteiger partial charge in [-0.1, -0.05) is 25.0 Å². The molecule has 0 radical (unpaired) electrons. The lowest BCUT2D eigenvalue weighted by atomic mass is 9.72. The third-order valence-electron chi connectivity index (χ3n) is 6.11. The summed E-state index contributed by atoms with van der Waals surface area (Å²) in [6, 6.07) is 0. The van der Waals surface area contributed by atoms with E-state index >= 15 is 0 Å². The zero-order valence-electron chi connectivity index (χ0n) is 14.1. The summed E-state index contributed by atoms with van der Waals surface area (Å²) in [4.78, 5) is 16.8. The molecule has 3 aliphatic rings. The van der Waals surface area contributed by atoms with Crippen LogP contribution in [-0.4, -0.2) is 48.9 Å². The number of fused-ring (bicyclic) bond motifs is 1. The van der Waals surface area contributed by atoms with E-state index in [4.69, 9.17) is 0 Å². The molecular formula is C18H30N2O. The fourth-order valence-electron chi connectivity index (χ4n) is 4.66. The molecule has 0 saturated carbocycles. The van der Waals surface area contributed by atoms with Gasteiger partial charge in [0.05, 0.1) is 5.92 Å². The predicted molar refractivity (Wildman–Crippen MR) is 86.0 cm³/mol. The van der Waals surface area contributed by atoms with Crippen molar-refractivity contribution in [3.63, 3.8) is 0 Å². The number of nitrogens with zero attached hydrogens (tertiary/aromatic N) is 2. The molecule has 3 nitrogen and oxygen atoms in total. The van der Waals surface area contributed by atoms with Crippen LogP contribution in [0, 0.1) is 17.3 Å². The first-order chi connectivity index (χ1) is 9.88. The number of hydrogen-bond donors (Lipinski definition) is 0. The van der Waals surface area contributed by atoms with Gasteiger partial charge in [-0.15, -0.1) is 0 Å². The minimum absolute atomic E-state index is 0.261. The molecule has 3 rings (SSSR count). The Balaban J connectivity index is 1.71. The molecular weight excluding hydrogens is 260 g/mol. The van der Waals surface area contributed by atoms with Gasteiger partial charge in [0.25, 0.3) is 0 Å². The second-order valence-electron chi connectivity index (χ2n) is 8.11. The largest absolute Gasteiger partial charge is 0.345 e. The van der Waals surface area contributed by atoms with Crippen molar-refractivity contribution in [3.05, 3.63) is 11.1 Å². The van der Waals surface area contributed by atoms with Crippen molar-refractivity contribution in [2.75, 3.05) is 33.2 Å². The summed E-state index contributed by atoms with van der Waals surface area (Å²) in [7, 11) is 1.96. The van der Waals surface area contributed by atoms with E-state index in [1.54, 1.807) is 11.1 Å². The van der Waals surface area contributed by atoms with Crippen LogP contribution in [0.15, 0.2) is 11.1 Å². The Morgan fingerprint density at radius 3 is 2.76 bits per heavy atom. The van der Waals surface area contributed by atoms with Gasteiger partial charge in [-0.3, -0.25) is 9.69 Å². The number of piperidine rings is 1. The Bertz CT molecular complexity index is 466. The summed E-state index contributed by atoms with van der Waals surface area (Å²) in [5.41, 5.74) is 3.59. The van der Waals surface area contributed by atoms with Crippen LogP contribution in [0.2, 0.25) is 0 Å². The molecule has 2 fully saturated rings. The lowest BCUT2D eigenvalue weighted by Crippen LogP contribution is -2.42. The predicted octanol–water partition coefficient (Wildman–Crippen LogP) is 2.92. The van der Waals surface area contributed by atoms with Gasteiger partial charge in [-0.25, -0.2) is 0 Å². The number of hydrogen-bond acceptors (Lipinski definition) is 2. The normalized spacial score (nSPS) is 33.5. The van der Waals surface area contributed by atoms with Crippen molar-refractivity contribution in [3.8, 4) is 0 Å². The number of likely N-dealkylation sites (tertiary alicyclic amines) is 2. The van der Waals surface area contributed by atoms with Gasteiger partial charge in [0.15, 0.2) is 0 Å². The van der Waals surface area contributed by atoms with Crippen LogP contribution in [-0.2, 0) is 4.79 Å². The van der Waals surface area contributed by atoms with Crippen LogP contribution in [0.4, 0.5) is 0 Å². The Morgan fingerprint density at radius 1 is 1.29 bits per heavy atom. The van der Waals surface area contributed by atoms with E-state index in [0.29, 0.717) is 17.2 Å². The fraction of sp³-hybridized carbons (Fsp3) is 0.833. The SMILES string of the molecule is CC1=C(CN2C[C@H]3CCN(C)C(=O)[C@H]3C2)C(C)(C)CCC1. The Morgan fingerprint density at radius 2 is 2.05 bits per heavy atom. The van der Waals surface area contributed by atoms with E-state index in [-0.39, 0.29) is 5.92 Å². The second-order valence-corrected chi connectivity index (χ2v) is 8.11. The van der Waals surface area contributed by atoms with Gasteiger partial charge in [-0.05, 0) is 43.9 Å². The second kappa shape index (κ2) is 5.42. The number of rotatable bonds is 2. The monoisotopic (exact) mass is 290 g/mol. The van der Waals surface area contributed by atoms with Gasteiger partial charge in [-0.2, -0.15) is 0 Å². The average Bonchev–Trinajstić information content (AvgIpc) is 2.82. The van der Waals surface area contributed by atoms with E-state index in [1.165, 1.54) is 25.7 Å². The van der Waals surface area contributed by atoms with Crippen molar-refractivity contribution in [2.24, 2.45) is 17.3 Å². The van der Waals surface area contributed by atoms with Gasteiger partial charge < -0.3 is 4.90 Å². The highest BCUT2D eigenvalue weighted by molar-refractivity contribution is 5.80. The van der Waals surface area contributed by atoms with Gasteiger partial charge >= 0.3 is 0 Å². The average molecular weight is 290 g/mol. The molecule has 2 aliphatic heterocycles. The van der Waals surface area contributed by atoms with Gasteiger partial charge in [0.2, 0.25) is 5.91 Å². The van der Waals surface area contributed by atoms with E-state index < -0.39 is 0 Å². The summed E-state index contributed by atoms with van der Waals surface area (Å²) >= 11 is 0. The van der Waals surface area contributed by atoms with Crippen molar-refractivity contribution in [2.45, 2.75) is 46.5 Å². The Labute approximate surface area is 129 Å². The topological polar surface area (TPSA) is 23.6 Å². The minimum Gasteiger partial charge on any atom is -0.345 e. The number of amides is 1. The van der Waals surface area contributed by atoms with Crippen molar-refractivity contribution in [1.29, 1.82) is 0 Å². The van der Waals surface area contributed by atoms with Crippen LogP contribution < -0.4 is 0 Å².